The summed E-state index contributed by atoms with van der Waals surface area (Å²) in [5.74, 6) is 3.25. The third-order valence-corrected chi connectivity index (χ3v) is 17.1. The molecule has 5 nitrogen and oxygen atoms in total. The fourth-order valence-electron chi connectivity index (χ4n) is 8.73. The zero-order chi connectivity index (χ0) is 37.2. The lowest BCUT2D eigenvalue weighted by atomic mass is 10.1. The first-order valence-corrected chi connectivity index (χ1v) is 21.6. The average Bonchev–Trinajstić information content (AvgIpc) is 3.80. The van der Waals surface area contributed by atoms with Gasteiger partial charge >= 0.3 is 0 Å². The molecule has 0 saturated heterocycles. The van der Waals surface area contributed by atoms with Crippen molar-refractivity contribution >= 4 is 88.6 Å². The van der Waals surface area contributed by atoms with Crippen molar-refractivity contribution in [3.05, 3.63) is 188 Å². The van der Waals surface area contributed by atoms with Crippen LogP contribution >= 0.6 is 11.3 Å². The third-order valence-electron chi connectivity index (χ3n) is 11.2. The largest absolute Gasteiger partial charge is 0.457 e. The molecule has 0 saturated carbocycles. The van der Waals surface area contributed by atoms with Crippen molar-refractivity contribution in [3.63, 3.8) is 0 Å². The maximum Gasteiger partial charge on any atom is 0.184 e. The number of hydrogen-bond acceptors (Lipinski definition) is 5. The molecule has 3 aromatic heterocycles. The van der Waals surface area contributed by atoms with Crippen molar-refractivity contribution in [2.75, 3.05) is 4.90 Å². The highest BCUT2D eigenvalue weighted by Gasteiger charge is 2.49. The van der Waals surface area contributed by atoms with Gasteiger partial charge in [-0.15, -0.1) is 11.3 Å². The Bertz CT molecular complexity index is 3050. The number of pyridine rings is 1. The van der Waals surface area contributed by atoms with Gasteiger partial charge in [0.1, 0.15) is 23.1 Å². The Morgan fingerprint density at radius 1 is 0.554 bits per heavy atom. The molecule has 7 heteroatoms. The molecular formula is C49H34N4OSSi. The van der Waals surface area contributed by atoms with Gasteiger partial charge in [0.05, 0.1) is 16.7 Å². The first kappa shape index (κ1) is 32.6. The van der Waals surface area contributed by atoms with E-state index in [9.17, 15) is 0 Å². The number of para-hydroxylation sites is 2. The predicted octanol–water partition coefficient (Wildman–Crippen LogP) is 9.96. The first-order valence-electron chi connectivity index (χ1n) is 18.8. The highest BCUT2D eigenvalue weighted by Crippen LogP contribution is 2.44. The van der Waals surface area contributed by atoms with Crippen LogP contribution in [0.3, 0.4) is 0 Å². The van der Waals surface area contributed by atoms with Crippen LogP contribution in [0.25, 0.3) is 42.6 Å². The van der Waals surface area contributed by atoms with E-state index in [1.165, 1.54) is 40.9 Å². The zero-order valence-corrected chi connectivity index (χ0v) is 32.3. The Morgan fingerprint density at radius 3 is 2.05 bits per heavy atom. The molecule has 0 fully saturated rings. The lowest BCUT2D eigenvalue weighted by molar-refractivity contribution is 0.483. The van der Waals surface area contributed by atoms with E-state index < -0.39 is 8.07 Å². The van der Waals surface area contributed by atoms with Crippen LogP contribution in [0.5, 0.6) is 11.5 Å². The average molecular weight is 755 g/mol. The van der Waals surface area contributed by atoms with Crippen LogP contribution in [0.2, 0.25) is 0 Å². The number of thiophene rings is 1. The molecule has 11 rings (SSSR count). The van der Waals surface area contributed by atoms with Crippen LogP contribution < -0.4 is 30.4 Å². The third kappa shape index (κ3) is 4.98. The Morgan fingerprint density at radius 2 is 1.27 bits per heavy atom. The van der Waals surface area contributed by atoms with Crippen molar-refractivity contribution in [2.45, 2.75) is 0 Å². The van der Waals surface area contributed by atoms with Gasteiger partial charge < -0.3 is 9.30 Å². The summed E-state index contributed by atoms with van der Waals surface area (Å²) in [6, 6.07) is 65.3. The molecule has 0 N–H and O–H groups in total. The fraction of sp³-hybridized carbons (Fsp3) is 0.0204. The molecule has 1 aliphatic heterocycles. The number of nitrogens with zero attached hydrogens (tertiary/aromatic N) is 4. The normalized spacial score (nSPS) is 13.2. The van der Waals surface area contributed by atoms with Crippen molar-refractivity contribution < 1.29 is 4.74 Å². The standard InChI is InChI=1S/C49H34N4OSSi/c1-52-41-23-10-9-22-40(41)51-49(52)33-15-14-16-34(29-33)54-35-26-27-46-42(30-35)53(48-25-12-13-28-50-48)43-31-39-38-21-8-11-24-44(38)55-45(39)32-47(43)56(46,36-17-4-2-5-18-36)37-19-6-3-7-20-37/h2-32H,1H3. The lowest BCUT2D eigenvalue weighted by Crippen LogP contribution is -2.77. The molecule has 10 aromatic rings. The zero-order valence-electron chi connectivity index (χ0n) is 30.5. The summed E-state index contributed by atoms with van der Waals surface area (Å²) in [4.78, 5) is 12.3. The maximum atomic E-state index is 6.82. The topological polar surface area (TPSA) is 43.2 Å². The summed E-state index contributed by atoms with van der Waals surface area (Å²) in [5, 5.41) is 7.82. The number of benzene rings is 7. The van der Waals surface area contributed by atoms with Gasteiger partial charge in [0, 0.05) is 50.7 Å². The minimum atomic E-state index is -2.94. The van der Waals surface area contributed by atoms with E-state index in [2.05, 4.69) is 168 Å². The molecule has 1 aliphatic rings. The van der Waals surface area contributed by atoms with E-state index in [4.69, 9.17) is 14.7 Å². The van der Waals surface area contributed by atoms with E-state index in [0.717, 1.165) is 51.1 Å². The van der Waals surface area contributed by atoms with Gasteiger partial charge in [-0.1, -0.05) is 115 Å². The second-order valence-corrected chi connectivity index (χ2v) is 19.1. The Kier molecular flexibility index (Phi) is 7.52. The van der Waals surface area contributed by atoms with Gasteiger partial charge in [0.15, 0.2) is 8.07 Å². The van der Waals surface area contributed by atoms with Gasteiger partial charge in [-0.25, -0.2) is 9.97 Å². The molecule has 0 aliphatic carbocycles. The van der Waals surface area contributed by atoms with Crippen molar-refractivity contribution in [1.29, 1.82) is 0 Å². The first-order chi connectivity index (χ1) is 27.7. The summed E-state index contributed by atoms with van der Waals surface area (Å²) < 4.78 is 11.5. The van der Waals surface area contributed by atoms with E-state index >= 15 is 0 Å². The molecule has 0 amide bonds. The summed E-state index contributed by atoms with van der Waals surface area (Å²) in [7, 11) is -0.874. The summed E-state index contributed by atoms with van der Waals surface area (Å²) in [5.41, 5.74) is 5.27. The molecule has 56 heavy (non-hydrogen) atoms. The number of rotatable bonds is 6. The number of imidazole rings is 1. The second-order valence-electron chi connectivity index (χ2n) is 14.3. The van der Waals surface area contributed by atoms with Gasteiger partial charge in [-0.2, -0.15) is 0 Å². The van der Waals surface area contributed by atoms with Gasteiger partial charge in [0.25, 0.3) is 0 Å². The van der Waals surface area contributed by atoms with Crippen LogP contribution in [-0.2, 0) is 7.05 Å². The van der Waals surface area contributed by atoms with Crippen molar-refractivity contribution in [1.82, 2.24) is 14.5 Å². The van der Waals surface area contributed by atoms with Crippen molar-refractivity contribution in [3.8, 4) is 22.9 Å². The number of aryl methyl sites for hydroxylation is 1. The van der Waals surface area contributed by atoms with E-state index in [1.54, 1.807) is 0 Å². The Hall–Kier alpha value is -6.80. The highest BCUT2D eigenvalue weighted by molar-refractivity contribution is 7.26. The number of anilines is 3. The van der Waals surface area contributed by atoms with Gasteiger partial charge in [-0.3, -0.25) is 4.90 Å². The molecule has 7 aromatic carbocycles. The van der Waals surface area contributed by atoms with Gasteiger partial charge in [-0.05, 0) is 81.4 Å². The lowest BCUT2D eigenvalue weighted by Gasteiger charge is -2.44. The number of fused-ring (bicyclic) bond motifs is 6. The molecule has 0 atom stereocenters. The molecule has 0 radical (unpaired) electrons. The smallest absolute Gasteiger partial charge is 0.184 e. The molecule has 266 valence electrons. The van der Waals surface area contributed by atoms with E-state index in [-0.39, 0.29) is 0 Å². The predicted molar refractivity (Wildman–Crippen MR) is 235 cm³/mol. The van der Waals surface area contributed by atoms with Gasteiger partial charge in [0.2, 0.25) is 0 Å². The Balaban J connectivity index is 1.16. The number of ether oxygens (including phenoxy) is 1. The van der Waals surface area contributed by atoms with Crippen LogP contribution in [0.15, 0.2) is 188 Å². The minimum absolute atomic E-state index is 0.746. The molecular weight excluding hydrogens is 721 g/mol. The summed E-state index contributed by atoms with van der Waals surface area (Å²) >= 11 is 1.87. The quantitative estimate of drug-likeness (QED) is 0.159. The minimum Gasteiger partial charge on any atom is -0.457 e. The summed E-state index contributed by atoms with van der Waals surface area (Å²) in [6.07, 6.45) is 1.88. The second kappa shape index (κ2) is 12.9. The maximum absolute atomic E-state index is 6.82. The van der Waals surface area contributed by atoms with E-state index in [1.807, 2.05) is 47.9 Å². The molecule has 0 unspecified atom stereocenters. The Labute approximate surface area is 329 Å². The number of aromatic nitrogens is 3. The monoisotopic (exact) mass is 754 g/mol. The highest BCUT2D eigenvalue weighted by atomic mass is 32.1. The van der Waals surface area contributed by atoms with Crippen LogP contribution in [0, 0.1) is 0 Å². The van der Waals surface area contributed by atoms with E-state index in [0.29, 0.717) is 0 Å². The van der Waals surface area contributed by atoms with Crippen LogP contribution in [-0.4, -0.2) is 22.6 Å². The van der Waals surface area contributed by atoms with Crippen molar-refractivity contribution in [2.24, 2.45) is 7.05 Å². The summed E-state index contributed by atoms with van der Waals surface area (Å²) in [6.45, 7) is 0. The fourth-order valence-corrected chi connectivity index (χ4v) is 15.0. The SMILES string of the molecule is Cn1c(-c2cccc(Oc3ccc4c(c3)N(c3ccccn3)c3cc5c(cc3[Si]4(c3ccccc3)c3ccccc3)sc3ccccc35)c2)nc2ccccc21. The van der Waals surface area contributed by atoms with Crippen LogP contribution in [0.1, 0.15) is 0 Å². The molecule has 0 bridgehead atoms. The van der Waals surface area contributed by atoms with Crippen LogP contribution in [0.4, 0.5) is 17.2 Å². The molecule has 4 heterocycles. The number of hydrogen-bond donors (Lipinski definition) is 0. The molecule has 0 spiro atoms.